The molecule has 0 saturated carbocycles. The first-order chi connectivity index (χ1) is 12.6. The van der Waals surface area contributed by atoms with Crippen LogP contribution in [0.3, 0.4) is 0 Å². The van der Waals surface area contributed by atoms with Gasteiger partial charge in [0.15, 0.2) is 5.78 Å². The second kappa shape index (κ2) is 8.40. The fourth-order valence-electron chi connectivity index (χ4n) is 2.42. The number of carbonyl (C=O) groups excluding carboxylic acids is 2. The highest BCUT2D eigenvalue weighted by Crippen LogP contribution is 2.24. The van der Waals surface area contributed by atoms with E-state index in [1.807, 2.05) is 24.3 Å². The van der Waals surface area contributed by atoms with E-state index in [9.17, 15) is 9.59 Å². The average Bonchev–Trinajstić information content (AvgIpc) is 2.68. The number of rotatable bonds is 6. The van der Waals surface area contributed by atoms with Gasteiger partial charge >= 0.3 is 0 Å². The Labute approximate surface area is 159 Å². The molecule has 0 radical (unpaired) electrons. The molecule has 3 rings (SSSR count). The van der Waals surface area contributed by atoms with Crippen LogP contribution in [0.15, 0.2) is 77.5 Å². The van der Waals surface area contributed by atoms with Gasteiger partial charge in [-0.3, -0.25) is 14.6 Å². The normalized spacial score (nSPS) is 10.2. The van der Waals surface area contributed by atoms with Crippen molar-refractivity contribution in [2.45, 2.75) is 0 Å². The number of carbonyl (C=O) groups is 2. The lowest BCUT2D eigenvalue weighted by Crippen LogP contribution is -2.22. The Bertz CT molecular complexity index is 915. The van der Waals surface area contributed by atoms with Crippen LogP contribution in [0.4, 0.5) is 11.4 Å². The van der Waals surface area contributed by atoms with Crippen molar-refractivity contribution >= 4 is 39.0 Å². The monoisotopic (exact) mass is 409 g/mol. The molecule has 0 atom stereocenters. The zero-order valence-corrected chi connectivity index (χ0v) is 15.4. The number of pyridine rings is 1. The Morgan fingerprint density at radius 2 is 1.81 bits per heavy atom. The lowest BCUT2D eigenvalue weighted by atomic mass is 10.0. The van der Waals surface area contributed by atoms with E-state index in [1.54, 1.807) is 48.8 Å². The molecule has 0 bridgehead atoms. The molecule has 0 saturated heterocycles. The van der Waals surface area contributed by atoms with E-state index in [1.165, 1.54) is 0 Å². The quantitative estimate of drug-likeness (QED) is 0.600. The topological polar surface area (TPSA) is 71.1 Å². The summed E-state index contributed by atoms with van der Waals surface area (Å²) in [6.45, 7) is 0.0333. The van der Waals surface area contributed by atoms with Crippen LogP contribution in [0.2, 0.25) is 0 Å². The van der Waals surface area contributed by atoms with Crippen LogP contribution in [0, 0.1) is 0 Å². The molecule has 0 aliphatic heterocycles. The van der Waals surface area contributed by atoms with Crippen molar-refractivity contribution in [2.24, 2.45) is 0 Å². The molecule has 2 aromatic carbocycles. The molecule has 0 spiro atoms. The second-order valence-corrected chi connectivity index (χ2v) is 6.44. The number of hydrogen-bond acceptors (Lipinski definition) is 4. The largest absolute Gasteiger partial charge is 0.376 e. The molecule has 130 valence electrons. The van der Waals surface area contributed by atoms with Crippen LogP contribution in [-0.4, -0.2) is 23.2 Å². The number of hydrogen-bond donors (Lipinski definition) is 2. The summed E-state index contributed by atoms with van der Waals surface area (Å²) in [6.07, 6.45) is 3.21. The summed E-state index contributed by atoms with van der Waals surface area (Å²) in [6, 6.07) is 17.9. The SMILES string of the molecule is O=C(CNc1ccc(Br)cc1C(=O)c1ccccc1)Nc1cccnc1. The zero-order chi connectivity index (χ0) is 18.4. The molecular weight excluding hydrogens is 394 g/mol. The third kappa shape index (κ3) is 4.55. The smallest absolute Gasteiger partial charge is 0.243 e. The fourth-order valence-corrected chi connectivity index (χ4v) is 2.78. The number of halogens is 1. The molecule has 0 aliphatic rings. The zero-order valence-electron chi connectivity index (χ0n) is 13.8. The lowest BCUT2D eigenvalue weighted by Gasteiger charge is -2.12. The van der Waals surface area contributed by atoms with Gasteiger partial charge in [0.1, 0.15) is 0 Å². The van der Waals surface area contributed by atoms with Gasteiger partial charge < -0.3 is 10.6 Å². The Morgan fingerprint density at radius 3 is 2.54 bits per heavy atom. The van der Waals surface area contributed by atoms with Crippen molar-refractivity contribution in [2.75, 3.05) is 17.2 Å². The van der Waals surface area contributed by atoms with Crippen molar-refractivity contribution in [1.82, 2.24) is 4.98 Å². The van der Waals surface area contributed by atoms with E-state index in [-0.39, 0.29) is 18.2 Å². The summed E-state index contributed by atoms with van der Waals surface area (Å²) in [7, 11) is 0. The molecule has 26 heavy (non-hydrogen) atoms. The number of ketones is 1. The Hall–Kier alpha value is -2.99. The summed E-state index contributed by atoms with van der Waals surface area (Å²) >= 11 is 3.40. The highest BCUT2D eigenvalue weighted by molar-refractivity contribution is 9.10. The van der Waals surface area contributed by atoms with Gasteiger partial charge in [-0.25, -0.2) is 0 Å². The van der Waals surface area contributed by atoms with E-state index < -0.39 is 0 Å². The molecule has 5 nitrogen and oxygen atoms in total. The molecule has 1 heterocycles. The van der Waals surface area contributed by atoms with Crippen LogP contribution in [0.25, 0.3) is 0 Å². The van der Waals surface area contributed by atoms with Crippen LogP contribution in [0.5, 0.6) is 0 Å². The van der Waals surface area contributed by atoms with Gasteiger partial charge in [0.25, 0.3) is 0 Å². The van der Waals surface area contributed by atoms with E-state index in [4.69, 9.17) is 0 Å². The van der Waals surface area contributed by atoms with E-state index in [2.05, 4.69) is 31.5 Å². The van der Waals surface area contributed by atoms with Gasteiger partial charge in [-0.1, -0.05) is 46.3 Å². The number of aromatic nitrogens is 1. The predicted octanol–water partition coefficient (Wildman–Crippen LogP) is 4.13. The van der Waals surface area contributed by atoms with E-state index in [0.29, 0.717) is 22.5 Å². The molecule has 3 aromatic rings. The third-order valence-corrected chi connectivity index (χ3v) is 4.14. The average molecular weight is 410 g/mol. The van der Waals surface area contributed by atoms with Gasteiger partial charge in [-0.05, 0) is 30.3 Å². The predicted molar refractivity (Wildman–Crippen MR) is 105 cm³/mol. The Kier molecular flexibility index (Phi) is 5.76. The first-order valence-electron chi connectivity index (χ1n) is 7.96. The summed E-state index contributed by atoms with van der Waals surface area (Å²) in [5.74, 6) is -0.332. The van der Waals surface area contributed by atoms with Crippen molar-refractivity contribution < 1.29 is 9.59 Å². The first kappa shape index (κ1) is 17.8. The number of amides is 1. The second-order valence-electron chi connectivity index (χ2n) is 5.53. The lowest BCUT2D eigenvalue weighted by molar-refractivity contribution is -0.114. The number of benzene rings is 2. The van der Waals surface area contributed by atoms with Crippen molar-refractivity contribution in [1.29, 1.82) is 0 Å². The van der Waals surface area contributed by atoms with Crippen LogP contribution < -0.4 is 10.6 Å². The molecule has 1 amide bonds. The van der Waals surface area contributed by atoms with Crippen LogP contribution in [-0.2, 0) is 4.79 Å². The van der Waals surface area contributed by atoms with Crippen LogP contribution in [0.1, 0.15) is 15.9 Å². The Morgan fingerprint density at radius 1 is 1.00 bits per heavy atom. The fraction of sp³-hybridized carbons (Fsp3) is 0.0500. The Balaban J connectivity index is 1.74. The third-order valence-electron chi connectivity index (χ3n) is 3.65. The first-order valence-corrected chi connectivity index (χ1v) is 8.76. The summed E-state index contributed by atoms with van der Waals surface area (Å²) < 4.78 is 0.794. The maximum absolute atomic E-state index is 12.8. The molecular formula is C20H16BrN3O2. The van der Waals surface area contributed by atoms with Gasteiger partial charge in [0, 0.05) is 27.5 Å². The van der Waals surface area contributed by atoms with Crippen molar-refractivity contribution in [3.63, 3.8) is 0 Å². The van der Waals surface area contributed by atoms with E-state index >= 15 is 0 Å². The summed E-state index contributed by atoms with van der Waals surface area (Å²) in [5.41, 5.74) is 2.31. The summed E-state index contributed by atoms with van der Waals surface area (Å²) in [4.78, 5) is 28.8. The maximum atomic E-state index is 12.8. The molecule has 0 aliphatic carbocycles. The summed E-state index contributed by atoms with van der Waals surface area (Å²) in [5, 5.41) is 5.78. The van der Waals surface area contributed by atoms with Crippen LogP contribution >= 0.6 is 15.9 Å². The maximum Gasteiger partial charge on any atom is 0.243 e. The van der Waals surface area contributed by atoms with Gasteiger partial charge in [0.2, 0.25) is 5.91 Å². The molecule has 1 aromatic heterocycles. The molecule has 6 heteroatoms. The molecule has 0 fully saturated rings. The van der Waals surface area contributed by atoms with Gasteiger partial charge in [-0.2, -0.15) is 0 Å². The molecule has 2 N–H and O–H groups in total. The van der Waals surface area contributed by atoms with Crippen molar-refractivity contribution in [3.05, 3.63) is 88.7 Å². The van der Waals surface area contributed by atoms with Gasteiger partial charge in [-0.15, -0.1) is 0 Å². The minimum atomic E-state index is -0.223. The number of nitrogens with zero attached hydrogens (tertiary/aromatic N) is 1. The minimum absolute atomic E-state index is 0.0333. The van der Waals surface area contributed by atoms with E-state index in [0.717, 1.165) is 4.47 Å². The minimum Gasteiger partial charge on any atom is -0.376 e. The highest BCUT2D eigenvalue weighted by Gasteiger charge is 2.15. The van der Waals surface area contributed by atoms with Gasteiger partial charge in [0.05, 0.1) is 18.4 Å². The highest BCUT2D eigenvalue weighted by atomic mass is 79.9. The number of nitrogens with one attached hydrogen (secondary N) is 2. The standard InChI is InChI=1S/C20H16BrN3O2/c21-15-8-9-18(17(11-15)20(26)14-5-2-1-3-6-14)23-13-19(25)24-16-7-4-10-22-12-16/h1-12,23H,13H2,(H,24,25). The van der Waals surface area contributed by atoms with Crippen molar-refractivity contribution in [3.8, 4) is 0 Å². The number of anilines is 2. The molecule has 0 unspecified atom stereocenters.